The first-order chi connectivity index (χ1) is 38.4. The maximum absolute atomic E-state index is 6.46. The van der Waals surface area contributed by atoms with Crippen LogP contribution in [0.2, 0.25) is 0 Å². The summed E-state index contributed by atoms with van der Waals surface area (Å²) in [7, 11) is 0. The Bertz CT molecular complexity index is 4800. The molecule has 0 N–H and O–H groups in total. The molecule has 0 radical (unpaired) electrons. The van der Waals surface area contributed by atoms with Crippen LogP contribution in [-0.4, -0.2) is 19.5 Å². The van der Waals surface area contributed by atoms with Gasteiger partial charge in [0.15, 0.2) is 17.5 Å². The summed E-state index contributed by atoms with van der Waals surface area (Å²) in [6.45, 7) is 4.76. The zero-order valence-electron chi connectivity index (χ0n) is 42.7. The maximum Gasteiger partial charge on any atom is 0.164 e. The van der Waals surface area contributed by atoms with Gasteiger partial charge in [-0.15, -0.1) is 0 Å². The molecule has 2 bridgehead atoms. The fourth-order valence-electron chi connectivity index (χ4n) is 12.3. The molecule has 5 heterocycles. The number of hydrogen-bond acceptors (Lipinski definition) is 5. The smallest absolute Gasteiger partial charge is 0.164 e. The van der Waals surface area contributed by atoms with E-state index in [2.05, 4.69) is 225 Å². The Morgan fingerprint density at radius 2 is 0.808 bits per heavy atom. The average Bonchev–Trinajstić information content (AvgIpc) is 4.37. The summed E-state index contributed by atoms with van der Waals surface area (Å²) < 4.78 is 15.5. The number of hydrogen-bond donors (Lipinski definition) is 0. The van der Waals surface area contributed by atoms with Crippen LogP contribution in [0.3, 0.4) is 0 Å². The van der Waals surface area contributed by atoms with Crippen molar-refractivity contribution >= 4 is 65.7 Å². The van der Waals surface area contributed by atoms with Gasteiger partial charge in [0.05, 0.1) is 16.7 Å². The number of rotatable bonds is 6. The lowest BCUT2D eigenvalue weighted by Crippen LogP contribution is -2.20. The third-order valence-corrected chi connectivity index (χ3v) is 16.2. The summed E-state index contributed by atoms with van der Waals surface area (Å²) in [6, 6.07) is 86.8. The molecule has 15 aromatic rings. The Balaban J connectivity index is 1.00. The Labute approximate surface area is 449 Å². The van der Waals surface area contributed by atoms with E-state index < -0.39 is 5.41 Å². The average molecular weight is 999 g/mol. The van der Waals surface area contributed by atoms with E-state index in [1.54, 1.807) is 0 Å². The predicted octanol–water partition coefficient (Wildman–Crippen LogP) is 19.1. The number of furan rings is 2. The van der Waals surface area contributed by atoms with Crippen molar-refractivity contribution in [1.29, 1.82) is 0 Å². The van der Waals surface area contributed by atoms with Gasteiger partial charge >= 0.3 is 0 Å². The molecular formula is C72H46N4O2. The predicted molar refractivity (Wildman–Crippen MR) is 319 cm³/mol. The summed E-state index contributed by atoms with van der Waals surface area (Å²) in [5, 5.41) is 6.60. The molecule has 78 heavy (non-hydrogen) atoms. The van der Waals surface area contributed by atoms with E-state index in [1.807, 2.05) is 36.4 Å². The monoisotopic (exact) mass is 998 g/mol. The minimum absolute atomic E-state index is 0.425. The lowest BCUT2D eigenvalue weighted by atomic mass is 9.76. The van der Waals surface area contributed by atoms with Crippen LogP contribution in [0.25, 0.3) is 150 Å². The normalized spacial score (nSPS) is 12.8. The second-order valence-electron chi connectivity index (χ2n) is 21.1. The summed E-state index contributed by atoms with van der Waals surface area (Å²) in [5.74, 6) is 1.61. The highest BCUT2D eigenvalue weighted by Gasteiger charge is 2.33. The lowest BCUT2D eigenvalue weighted by Gasteiger charge is -2.28. The second kappa shape index (κ2) is 16.9. The molecule has 0 saturated carbocycles. The Morgan fingerprint density at radius 1 is 0.321 bits per heavy atom. The van der Waals surface area contributed by atoms with E-state index in [-0.39, 0.29) is 0 Å². The van der Waals surface area contributed by atoms with Crippen molar-refractivity contribution in [3.8, 4) is 84.4 Å². The van der Waals surface area contributed by atoms with Gasteiger partial charge in [0.25, 0.3) is 0 Å². The van der Waals surface area contributed by atoms with Crippen LogP contribution in [0.5, 0.6) is 0 Å². The zero-order chi connectivity index (χ0) is 51.6. The summed E-state index contributed by atoms with van der Waals surface area (Å²) in [6.07, 6.45) is 0. The number of fused-ring (bicyclic) bond motifs is 14. The van der Waals surface area contributed by atoms with Crippen molar-refractivity contribution in [1.82, 2.24) is 19.5 Å². The molecule has 0 spiro atoms. The summed E-state index contributed by atoms with van der Waals surface area (Å²) in [5.41, 5.74) is 20.1. The molecule has 0 fully saturated rings. The third-order valence-electron chi connectivity index (χ3n) is 16.2. The molecule has 366 valence electrons. The van der Waals surface area contributed by atoms with Crippen molar-refractivity contribution < 1.29 is 8.83 Å². The van der Waals surface area contributed by atoms with Gasteiger partial charge in [-0.3, -0.25) is 0 Å². The molecule has 0 unspecified atom stereocenters. The standard InChI is InChI=1S/C72H46N4O2/c1-72(2)52-24-16-23-47(35-52)58-39-51(71-74-69(48-29-32-55-53-25-12-14-27-63(53)77-65(55)41-48)73-70(75-71)49-30-33-56-54-26-13-15-28-64(54)78-66(56)42-49)38-57(45-21-10-5-11-22-45)67(58)76-62-34-31-46(43-17-6-3-7-18-43)36-59(62)60-37-50(40-61(72)68(60)76)44-19-8-4-9-20-44/h3-42H,1-2H3. The van der Waals surface area contributed by atoms with E-state index in [1.165, 1.54) is 49.7 Å². The fourth-order valence-corrected chi connectivity index (χ4v) is 12.3. The Morgan fingerprint density at radius 3 is 1.42 bits per heavy atom. The van der Waals surface area contributed by atoms with Crippen LogP contribution in [0.15, 0.2) is 251 Å². The third kappa shape index (κ3) is 6.86. The minimum atomic E-state index is -0.425. The van der Waals surface area contributed by atoms with Crippen molar-refractivity contribution in [3.05, 3.63) is 254 Å². The van der Waals surface area contributed by atoms with E-state index in [4.69, 9.17) is 23.8 Å². The van der Waals surface area contributed by atoms with Crippen LogP contribution in [0, 0.1) is 0 Å². The van der Waals surface area contributed by atoms with Gasteiger partial charge in [0, 0.05) is 65.5 Å². The lowest BCUT2D eigenvalue weighted by molar-refractivity contribution is 0.645. The van der Waals surface area contributed by atoms with Crippen LogP contribution in [0.4, 0.5) is 0 Å². The summed E-state index contributed by atoms with van der Waals surface area (Å²) >= 11 is 0. The highest BCUT2D eigenvalue weighted by atomic mass is 16.3. The SMILES string of the molecule is CC1(C)c2cccc(c2)-c2cc(-c3nc(-c4ccc5c(c4)oc4ccccc45)nc(-c4ccc5c(c4)oc4ccccc45)n3)cc(-c3ccccc3)c2-n2c3ccc(-c4ccccc4)cc3c3cc(-c4ccccc4)cc1c32. The molecule has 0 amide bonds. The van der Waals surface area contributed by atoms with Crippen LogP contribution >= 0.6 is 0 Å². The molecule has 0 aliphatic carbocycles. The molecule has 11 aromatic carbocycles. The first kappa shape index (κ1) is 44.2. The minimum Gasteiger partial charge on any atom is -0.456 e. The zero-order valence-corrected chi connectivity index (χ0v) is 42.7. The first-order valence-electron chi connectivity index (χ1n) is 26.6. The van der Waals surface area contributed by atoms with Gasteiger partial charge in [-0.25, -0.2) is 15.0 Å². The van der Waals surface area contributed by atoms with Gasteiger partial charge in [0.1, 0.15) is 22.3 Å². The molecule has 16 rings (SSSR count). The van der Waals surface area contributed by atoms with Gasteiger partial charge < -0.3 is 13.4 Å². The molecule has 4 aromatic heterocycles. The molecule has 0 saturated heterocycles. The molecule has 6 nitrogen and oxygen atoms in total. The first-order valence-corrected chi connectivity index (χ1v) is 26.6. The van der Waals surface area contributed by atoms with Gasteiger partial charge in [-0.2, -0.15) is 0 Å². The van der Waals surface area contributed by atoms with Crippen molar-refractivity contribution in [2.45, 2.75) is 19.3 Å². The molecule has 6 heteroatoms. The maximum atomic E-state index is 6.46. The van der Waals surface area contributed by atoms with Crippen molar-refractivity contribution in [2.75, 3.05) is 0 Å². The number of para-hydroxylation sites is 2. The largest absolute Gasteiger partial charge is 0.456 e. The molecule has 0 atom stereocenters. The second-order valence-corrected chi connectivity index (χ2v) is 21.1. The number of aromatic nitrogens is 4. The van der Waals surface area contributed by atoms with E-state index in [0.717, 1.165) is 94.0 Å². The summed E-state index contributed by atoms with van der Waals surface area (Å²) in [4.78, 5) is 16.2. The molecule has 1 aliphatic heterocycles. The van der Waals surface area contributed by atoms with Crippen LogP contribution in [0.1, 0.15) is 25.0 Å². The highest BCUT2D eigenvalue weighted by Crippen LogP contribution is 2.50. The molecular weight excluding hydrogens is 953 g/mol. The Kier molecular flexibility index (Phi) is 9.58. The Hall–Kier alpha value is -10.2. The van der Waals surface area contributed by atoms with Gasteiger partial charge in [-0.05, 0) is 117 Å². The van der Waals surface area contributed by atoms with Gasteiger partial charge in [0.2, 0.25) is 0 Å². The van der Waals surface area contributed by atoms with E-state index >= 15 is 0 Å². The van der Waals surface area contributed by atoms with Crippen molar-refractivity contribution in [3.63, 3.8) is 0 Å². The van der Waals surface area contributed by atoms with E-state index in [0.29, 0.717) is 17.5 Å². The highest BCUT2D eigenvalue weighted by molar-refractivity contribution is 6.15. The fraction of sp³-hybridized carbons (Fsp3) is 0.0417. The van der Waals surface area contributed by atoms with Crippen LogP contribution in [-0.2, 0) is 5.41 Å². The van der Waals surface area contributed by atoms with Crippen LogP contribution < -0.4 is 0 Å². The number of benzene rings is 11. The quantitative estimate of drug-likeness (QED) is 0.166. The number of nitrogens with zero attached hydrogens (tertiary/aromatic N) is 4. The molecule has 1 aliphatic rings. The topological polar surface area (TPSA) is 69.9 Å². The van der Waals surface area contributed by atoms with E-state index in [9.17, 15) is 0 Å². The van der Waals surface area contributed by atoms with Gasteiger partial charge in [-0.1, -0.05) is 184 Å². The van der Waals surface area contributed by atoms with Crippen molar-refractivity contribution in [2.24, 2.45) is 0 Å².